The third-order valence-electron chi connectivity index (χ3n) is 3.07. The average Bonchev–Trinajstić information content (AvgIpc) is 2.38. The minimum atomic E-state index is -0.448. The van der Waals surface area contributed by atoms with Crippen molar-refractivity contribution in [1.82, 2.24) is 5.32 Å². The minimum Gasteiger partial charge on any atom is -0.300 e. The maximum atomic E-state index is 8.92. The highest BCUT2D eigenvalue weighted by molar-refractivity contribution is 5.82. The van der Waals surface area contributed by atoms with Gasteiger partial charge in [-0.15, -0.1) is 0 Å². The Bertz CT molecular complexity index is 579. The first kappa shape index (κ1) is 12.6. The molecule has 0 bridgehead atoms. The normalized spacial score (nSPS) is 11.4. The molecule has 0 aliphatic rings. The third-order valence-corrected chi connectivity index (χ3v) is 3.07. The van der Waals surface area contributed by atoms with Crippen LogP contribution >= 0.6 is 0 Å². The molecule has 2 heteroatoms. The number of nitrogens with zero attached hydrogens (tertiary/aromatic N) is 1. The number of rotatable bonds is 4. The molecule has 92 valence electrons. The Kier molecular flexibility index (Phi) is 3.64. The molecule has 0 aromatic heterocycles. The minimum absolute atomic E-state index is 0.448. The van der Waals surface area contributed by atoms with Crippen molar-refractivity contribution < 1.29 is 0 Å². The smallest absolute Gasteiger partial charge is 0.101 e. The number of fused-ring (bicyclic) bond motifs is 1. The molecular formula is C16H18N2. The van der Waals surface area contributed by atoms with Crippen LogP contribution in [0.15, 0.2) is 42.5 Å². The second-order valence-electron chi connectivity index (χ2n) is 5.10. The first-order valence-electron chi connectivity index (χ1n) is 6.25. The maximum absolute atomic E-state index is 8.92. The number of hydrogen-bond donors (Lipinski definition) is 1. The maximum Gasteiger partial charge on any atom is 0.101 e. The average molecular weight is 238 g/mol. The molecule has 2 aromatic carbocycles. The molecular weight excluding hydrogens is 220 g/mol. The second-order valence-corrected chi connectivity index (χ2v) is 5.10. The standard InChI is InChI=1S/C16H18N2/c1-16(2,12-17)18-10-9-13-7-8-14-5-3-4-6-15(14)11-13/h3-8,11,18H,9-10H2,1-2H3. The molecule has 0 aliphatic carbocycles. The SMILES string of the molecule is CC(C)(C#N)NCCc1ccc2ccccc2c1. The summed E-state index contributed by atoms with van der Waals surface area (Å²) < 4.78 is 0. The Morgan fingerprint density at radius 3 is 2.56 bits per heavy atom. The highest BCUT2D eigenvalue weighted by Crippen LogP contribution is 2.15. The zero-order chi connectivity index (χ0) is 13.0. The van der Waals surface area contributed by atoms with Gasteiger partial charge >= 0.3 is 0 Å². The predicted octanol–water partition coefficient (Wildman–Crippen LogP) is 3.27. The Morgan fingerprint density at radius 1 is 1.11 bits per heavy atom. The highest BCUT2D eigenvalue weighted by atomic mass is 14.9. The molecule has 0 amide bonds. The van der Waals surface area contributed by atoms with Crippen LogP contribution < -0.4 is 5.32 Å². The lowest BCUT2D eigenvalue weighted by molar-refractivity contribution is 0.490. The van der Waals surface area contributed by atoms with Gasteiger partial charge in [-0.3, -0.25) is 5.32 Å². The summed E-state index contributed by atoms with van der Waals surface area (Å²) in [4.78, 5) is 0. The van der Waals surface area contributed by atoms with E-state index >= 15 is 0 Å². The largest absolute Gasteiger partial charge is 0.300 e. The molecule has 0 saturated heterocycles. The number of nitrogens with one attached hydrogen (secondary N) is 1. The van der Waals surface area contributed by atoms with Gasteiger partial charge in [-0.25, -0.2) is 0 Å². The lowest BCUT2D eigenvalue weighted by atomic mass is 10.0. The molecule has 0 fully saturated rings. The van der Waals surface area contributed by atoms with Crippen LogP contribution in [0.4, 0.5) is 0 Å². The van der Waals surface area contributed by atoms with E-state index in [1.807, 2.05) is 13.8 Å². The number of nitriles is 1. The molecule has 0 saturated carbocycles. The van der Waals surface area contributed by atoms with Crippen molar-refractivity contribution in [3.8, 4) is 6.07 Å². The van der Waals surface area contributed by atoms with Crippen molar-refractivity contribution >= 4 is 10.8 Å². The van der Waals surface area contributed by atoms with Crippen LogP contribution in [0.25, 0.3) is 10.8 Å². The van der Waals surface area contributed by atoms with Crippen LogP contribution in [0.5, 0.6) is 0 Å². The quantitative estimate of drug-likeness (QED) is 0.887. The fourth-order valence-corrected chi connectivity index (χ4v) is 1.95. The Balaban J connectivity index is 2.03. The fraction of sp³-hybridized carbons (Fsp3) is 0.312. The summed E-state index contributed by atoms with van der Waals surface area (Å²) >= 11 is 0. The van der Waals surface area contributed by atoms with E-state index in [9.17, 15) is 0 Å². The van der Waals surface area contributed by atoms with E-state index < -0.39 is 5.54 Å². The van der Waals surface area contributed by atoms with E-state index in [1.165, 1.54) is 16.3 Å². The van der Waals surface area contributed by atoms with E-state index in [0.717, 1.165) is 13.0 Å². The Labute approximate surface area is 108 Å². The van der Waals surface area contributed by atoms with Gasteiger partial charge in [0.05, 0.1) is 6.07 Å². The predicted molar refractivity (Wildman–Crippen MR) is 75.3 cm³/mol. The zero-order valence-corrected chi connectivity index (χ0v) is 10.9. The van der Waals surface area contributed by atoms with Crippen molar-refractivity contribution in [2.45, 2.75) is 25.8 Å². The topological polar surface area (TPSA) is 35.8 Å². The third kappa shape index (κ3) is 3.09. The summed E-state index contributed by atoms with van der Waals surface area (Å²) in [6.45, 7) is 4.61. The molecule has 2 rings (SSSR count). The zero-order valence-electron chi connectivity index (χ0n) is 10.9. The van der Waals surface area contributed by atoms with Crippen LogP contribution in [-0.2, 0) is 6.42 Å². The Morgan fingerprint density at radius 2 is 1.83 bits per heavy atom. The molecule has 0 heterocycles. The first-order chi connectivity index (χ1) is 8.61. The number of hydrogen-bond acceptors (Lipinski definition) is 2. The van der Waals surface area contributed by atoms with E-state index in [1.54, 1.807) is 0 Å². The van der Waals surface area contributed by atoms with Gasteiger partial charge in [0, 0.05) is 6.54 Å². The van der Waals surface area contributed by atoms with Crippen LogP contribution in [0.3, 0.4) is 0 Å². The molecule has 18 heavy (non-hydrogen) atoms. The van der Waals surface area contributed by atoms with Crippen LogP contribution in [-0.4, -0.2) is 12.1 Å². The van der Waals surface area contributed by atoms with Gasteiger partial charge in [0.2, 0.25) is 0 Å². The van der Waals surface area contributed by atoms with Crippen LogP contribution in [0, 0.1) is 11.3 Å². The van der Waals surface area contributed by atoms with E-state index in [2.05, 4.69) is 53.9 Å². The summed E-state index contributed by atoms with van der Waals surface area (Å²) in [6, 6.07) is 17.1. The molecule has 0 unspecified atom stereocenters. The van der Waals surface area contributed by atoms with Gasteiger partial charge in [-0.2, -0.15) is 5.26 Å². The van der Waals surface area contributed by atoms with Crippen molar-refractivity contribution in [1.29, 1.82) is 5.26 Å². The number of benzene rings is 2. The molecule has 2 nitrogen and oxygen atoms in total. The molecule has 0 atom stereocenters. The monoisotopic (exact) mass is 238 g/mol. The summed E-state index contributed by atoms with van der Waals surface area (Å²) in [5.41, 5.74) is 0.853. The second kappa shape index (κ2) is 5.20. The molecule has 0 spiro atoms. The summed E-state index contributed by atoms with van der Waals surface area (Å²) in [5, 5.41) is 14.7. The lowest BCUT2D eigenvalue weighted by Gasteiger charge is -2.17. The molecule has 0 aliphatic heterocycles. The van der Waals surface area contributed by atoms with Crippen molar-refractivity contribution in [3.63, 3.8) is 0 Å². The van der Waals surface area contributed by atoms with Gasteiger partial charge in [-0.05, 0) is 36.6 Å². The van der Waals surface area contributed by atoms with Crippen molar-refractivity contribution in [3.05, 3.63) is 48.0 Å². The van der Waals surface area contributed by atoms with Crippen molar-refractivity contribution in [2.24, 2.45) is 0 Å². The van der Waals surface area contributed by atoms with Gasteiger partial charge < -0.3 is 0 Å². The van der Waals surface area contributed by atoms with E-state index in [4.69, 9.17) is 5.26 Å². The van der Waals surface area contributed by atoms with Gasteiger partial charge in [0.25, 0.3) is 0 Å². The lowest BCUT2D eigenvalue weighted by Crippen LogP contribution is -2.38. The van der Waals surface area contributed by atoms with Gasteiger partial charge in [-0.1, -0.05) is 42.5 Å². The van der Waals surface area contributed by atoms with Gasteiger partial charge in [0.15, 0.2) is 0 Å². The molecule has 1 N–H and O–H groups in total. The summed E-state index contributed by atoms with van der Waals surface area (Å²) in [6.07, 6.45) is 0.940. The van der Waals surface area contributed by atoms with Crippen LogP contribution in [0.1, 0.15) is 19.4 Å². The highest BCUT2D eigenvalue weighted by Gasteiger charge is 2.14. The van der Waals surface area contributed by atoms with Crippen LogP contribution in [0.2, 0.25) is 0 Å². The summed E-state index contributed by atoms with van der Waals surface area (Å²) in [7, 11) is 0. The molecule has 0 radical (unpaired) electrons. The summed E-state index contributed by atoms with van der Waals surface area (Å²) in [5.74, 6) is 0. The Hall–Kier alpha value is -1.85. The van der Waals surface area contributed by atoms with E-state index in [-0.39, 0.29) is 0 Å². The molecule has 2 aromatic rings. The van der Waals surface area contributed by atoms with E-state index in [0.29, 0.717) is 0 Å². The fourth-order valence-electron chi connectivity index (χ4n) is 1.95. The van der Waals surface area contributed by atoms with Gasteiger partial charge in [0.1, 0.15) is 5.54 Å². The first-order valence-corrected chi connectivity index (χ1v) is 6.25. The van der Waals surface area contributed by atoms with Crippen molar-refractivity contribution in [2.75, 3.05) is 6.54 Å².